The van der Waals surface area contributed by atoms with Gasteiger partial charge in [-0.25, -0.2) is 0 Å². The van der Waals surface area contributed by atoms with Crippen molar-refractivity contribution in [2.24, 2.45) is 0 Å². The molecule has 1 aromatic heterocycles. The van der Waals surface area contributed by atoms with E-state index >= 15 is 0 Å². The molecule has 0 radical (unpaired) electrons. The van der Waals surface area contributed by atoms with E-state index in [1.807, 2.05) is 6.07 Å². The lowest BCUT2D eigenvalue weighted by Crippen LogP contribution is -2.15. The molecule has 1 heterocycles. The average Bonchev–Trinajstić information content (AvgIpc) is 2.88. The molecule has 0 fully saturated rings. The van der Waals surface area contributed by atoms with E-state index < -0.39 is 6.61 Å². The maximum Gasteiger partial charge on any atom is 0.387 e. The van der Waals surface area contributed by atoms with E-state index in [2.05, 4.69) is 21.5 Å². The van der Waals surface area contributed by atoms with Gasteiger partial charge in [0.25, 0.3) is 0 Å². The summed E-state index contributed by atoms with van der Waals surface area (Å²) in [5.41, 5.74) is 2.15. The molecule has 0 bridgehead atoms. The number of hydrogen-bond donors (Lipinski definition) is 1. The number of hydrogen-bond acceptors (Lipinski definition) is 3. The lowest BCUT2D eigenvalue weighted by atomic mass is 9.94. The van der Waals surface area contributed by atoms with Gasteiger partial charge in [0.2, 0.25) is 0 Å². The Morgan fingerprint density at radius 1 is 1.30 bits per heavy atom. The maximum atomic E-state index is 12.2. The Balaban J connectivity index is 1.76. The van der Waals surface area contributed by atoms with Gasteiger partial charge in [-0.2, -0.15) is 8.78 Å². The van der Waals surface area contributed by atoms with E-state index in [-0.39, 0.29) is 11.8 Å². The molecule has 0 amide bonds. The SMILES string of the molecule is FC(F)Oc1cccc(NC2CCCc3sccc32)c1. The summed E-state index contributed by atoms with van der Waals surface area (Å²) in [5.74, 6) is 0.186. The van der Waals surface area contributed by atoms with Crippen molar-refractivity contribution in [1.29, 1.82) is 0 Å². The van der Waals surface area contributed by atoms with Crippen LogP contribution in [-0.2, 0) is 6.42 Å². The van der Waals surface area contributed by atoms with Crippen LogP contribution in [0.2, 0.25) is 0 Å². The van der Waals surface area contributed by atoms with Crippen LogP contribution in [0.4, 0.5) is 14.5 Å². The van der Waals surface area contributed by atoms with Crippen LogP contribution in [-0.4, -0.2) is 6.61 Å². The summed E-state index contributed by atoms with van der Waals surface area (Å²) in [6, 6.07) is 9.15. The van der Waals surface area contributed by atoms with Crippen molar-refractivity contribution in [3.05, 3.63) is 46.2 Å². The number of anilines is 1. The number of nitrogens with one attached hydrogen (secondary N) is 1. The standard InChI is InChI=1S/C15H15F2NOS/c16-15(17)19-11-4-1-3-10(9-11)18-13-5-2-6-14-12(13)7-8-20-14/h1,3-4,7-9,13,15,18H,2,5-6H2. The molecule has 1 aliphatic carbocycles. The van der Waals surface area contributed by atoms with E-state index in [4.69, 9.17) is 0 Å². The Hall–Kier alpha value is -1.62. The summed E-state index contributed by atoms with van der Waals surface area (Å²) in [5, 5.41) is 5.53. The molecule has 3 rings (SSSR count). The smallest absolute Gasteiger partial charge is 0.387 e. The highest BCUT2D eigenvalue weighted by atomic mass is 32.1. The van der Waals surface area contributed by atoms with Gasteiger partial charge in [0.15, 0.2) is 0 Å². The normalized spacial score (nSPS) is 17.9. The number of aryl methyl sites for hydroxylation is 1. The largest absolute Gasteiger partial charge is 0.435 e. The third kappa shape index (κ3) is 2.93. The van der Waals surface area contributed by atoms with Crippen LogP contribution in [0.5, 0.6) is 5.75 Å². The topological polar surface area (TPSA) is 21.3 Å². The van der Waals surface area contributed by atoms with Crippen molar-refractivity contribution in [2.45, 2.75) is 31.9 Å². The molecule has 1 unspecified atom stereocenters. The van der Waals surface area contributed by atoms with Gasteiger partial charge in [0, 0.05) is 16.6 Å². The molecular formula is C15H15F2NOS. The first-order valence-electron chi connectivity index (χ1n) is 6.60. The molecule has 1 aliphatic rings. The molecule has 1 aromatic carbocycles. The minimum Gasteiger partial charge on any atom is -0.435 e. The first kappa shape index (κ1) is 13.4. The van der Waals surface area contributed by atoms with Crippen molar-refractivity contribution in [3.63, 3.8) is 0 Å². The van der Waals surface area contributed by atoms with E-state index in [1.54, 1.807) is 23.5 Å². The summed E-state index contributed by atoms with van der Waals surface area (Å²) >= 11 is 1.79. The van der Waals surface area contributed by atoms with Crippen LogP contribution in [0.25, 0.3) is 0 Å². The second kappa shape index (κ2) is 5.79. The fourth-order valence-electron chi connectivity index (χ4n) is 2.60. The number of rotatable bonds is 4. The first-order chi connectivity index (χ1) is 9.72. The Labute approximate surface area is 120 Å². The minimum absolute atomic E-state index is 0.186. The van der Waals surface area contributed by atoms with Gasteiger partial charge in [0.05, 0.1) is 6.04 Å². The first-order valence-corrected chi connectivity index (χ1v) is 7.48. The van der Waals surface area contributed by atoms with Crippen LogP contribution in [0.3, 0.4) is 0 Å². The fraction of sp³-hybridized carbons (Fsp3) is 0.333. The highest BCUT2D eigenvalue weighted by Gasteiger charge is 2.21. The lowest BCUT2D eigenvalue weighted by Gasteiger charge is -2.25. The molecule has 0 saturated heterocycles. The number of benzene rings is 1. The lowest BCUT2D eigenvalue weighted by molar-refractivity contribution is -0.0498. The highest BCUT2D eigenvalue weighted by molar-refractivity contribution is 7.10. The molecule has 1 N–H and O–H groups in total. The van der Waals surface area contributed by atoms with E-state index in [9.17, 15) is 8.78 Å². The summed E-state index contributed by atoms with van der Waals surface area (Å²) in [7, 11) is 0. The molecule has 0 aliphatic heterocycles. The van der Waals surface area contributed by atoms with Gasteiger partial charge < -0.3 is 10.1 Å². The number of alkyl halides is 2. The van der Waals surface area contributed by atoms with E-state index in [1.165, 1.54) is 16.5 Å². The molecule has 5 heteroatoms. The molecule has 106 valence electrons. The zero-order chi connectivity index (χ0) is 13.9. The maximum absolute atomic E-state index is 12.2. The van der Waals surface area contributed by atoms with Gasteiger partial charge in [-0.3, -0.25) is 0 Å². The molecule has 0 spiro atoms. The summed E-state index contributed by atoms with van der Waals surface area (Å²) < 4.78 is 28.9. The number of halogens is 2. The molecule has 2 nitrogen and oxygen atoms in total. The summed E-state index contributed by atoms with van der Waals surface area (Å²) in [4.78, 5) is 1.42. The van der Waals surface area contributed by atoms with Crippen molar-refractivity contribution in [1.82, 2.24) is 0 Å². The van der Waals surface area contributed by atoms with Crippen LogP contribution < -0.4 is 10.1 Å². The summed E-state index contributed by atoms with van der Waals surface area (Å²) in [6.07, 6.45) is 3.35. The zero-order valence-electron chi connectivity index (χ0n) is 10.8. The third-order valence-electron chi connectivity index (χ3n) is 3.45. The molecule has 20 heavy (non-hydrogen) atoms. The van der Waals surface area contributed by atoms with Gasteiger partial charge in [-0.15, -0.1) is 11.3 Å². The fourth-order valence-corrected chi connectivity index (χ4v) is 3.59. The zero-order valence-corrected chi connectivity index (χ0v) is 11.6. The van der Waals surface area contributed by atoms with Crippen LogP contribution in [0, 0.1) is 0 Å². The molecular weight excluding hydrogens is 280 g/mol. The molecule has 2 aromatic rings. The second-order valence-corrected chi connectivity index (χ2v) is 5.80. The number of ether oxygens (including phenoxy) is 1. The predicted molar refractivity (Wildman–Crippen MR) is 76.7 cm³/mol. The molecule has 1 atom stereocenters. The number of thiophene rings is 1. The Kier molecular flexibility index (Phi) is 3.87. The minimum atomic E-state index is -2.79. The van der Waals surface area contributed by atoms with E-state index in [0.29, 0.717) is 0 Å². The predicted octanol–water partition coefficient (Wildman–Crippen LogP) is 4.84. The van der Waals surface area contributed by atoms with Crippen LogP contribution in [0.15, 0.2) is 35.7 Å². The van der Waals surface area contributed by atoms with Gasteiger partial charge >= 0.3 is 6.61 Å². The number of fused-ring (bicyclic) bond motifs is 1. The van der Waals surface area contributed by atoms with Crippen molar-refractivity contribution < 1.29 is 13.5 Å². The highest BCUT2D eigenvalue weighted by Crippen LogP contribution is 2.36. The monoisotopic (exact) mass is 295 g/mol. The quantitative estimate of drug-likeness (QED) is 0.871. The second-order valence-electron chi connectivity index (χ2n) is 4.79. The van der Waals surface area contributed by atoms with Crippen LogP contribution in [0.1, 0.15) is 29.3 Å². The van der Waals surface area contributed by atoms with Crippen molar-refractivity contribution in [2.75, 3.05) is 5.32 Å². The van der Waals surface area contributed by atoms with E-state index in [0.717, 1.165) is 24.9 Å². The third-order valence-corrected chi connectivity index (χ3v) is 4.45. The Morgan fingerprint density at radius 3 is 3.05 bits per heavy atom. The van der Waals surface area contributed by atoms with Crippen molar-refractivity contribution in [3.8, 4) is 5.75 Å². The van der Waals surface area contributed by atoms with Gasteiger partial charge in [0.1, 0.15) is 5.75 Å². The molecule has 0 saturated carbocycles. The average molecular weight is 295 g/mol. The van der Waals surface area contributed by atoms with Crippen molar-refractivity contribution >= 4 is 17.0 Å². The van der Waals surface area contributed by atoms with Gasteiger partial charge in [-0.05, 0) is 48.4 Å². The van der Waals surface area contributed by atoms with Crippen LogP contribution >= 0.6 is 11.3 Å². The summed E-state index contributed by atoms with van der Waals surface area (Å²) in [6.45, 7) is -2.79. The Morgan fingerprint density at radius 2 is 2.20 bits per heavy atom. The van der Waals surface area contributed by atoms with Gasteiger partial charge in [-0.1, -0.05) is 6.07 Å². The Bertz CT molecular complexity index is 585.